The predicted molar refractivity (Wildman–Crippen MR) is 106 cm³/mol. The number of hydrogen-bond acceptors (Lipinski definition) is 4. The smallest absolute Gasteiger partial charge is 0.224 e. The van der Waals surface area contributed by atoms with Crippen molar-refractivity contribution in [3.05, 3.63) is 58.9 Å². The highest BCUT2D eigenvalue weighted by molar-refractivity contribution is 7.14. The zero-order valence-electron chi connectivity index (χ0n) is 13.8. The predicted octanol–water partition coefficient (Wildman–Crippen LogP) is 5.95. The van der Waals surface area contributed by atoms with Gasteiger partial charge in [-0.3, -0.25) is 4.79 Å². The second-order valence-electron chi connectivity index (χ2n) is 5.52. The Kier molecular flexibility index (Phi) is 5.68. The summed E-state index contributed by atoms with van der Waals surface area (Å²) in [5.74, 6) is 0.0372. The van der Waals surface area contributed by atoms with Crippen molar-refractivity contribution >= 4 is 45.4 Å². The number of carbonyl (C=O) groups is 1. The topological polar surface area (TPSA) is 54.0 Å². The Morgan fingerprint density at radius 1 is 1.16 bits per heavy atom. The van der Waals surface area contributed by atoms with Crippen LogP contribution in [0.15, 0.2) is 53.9 Å². The molecule has 1 heterocycles. The molecule has 0 atom stereocenters. The van der Waals surface area contributed by atoms with Gasteiger partial charge in [-0.2, -0.15) is 0 Å². The van der Waals surface area contributed by atoms with E-state index in [-0.39, 0.29) is 5.91 Å². The summed E-state index contributed by atoms with van der Waals surface area (Å²) in [7, 11) is 0. The first-order valence-corrected chi connectivity index (χ1v) is 9.29. The first-order chi connectivity index (χ1) is 12.2. The minimum absolute atomic E-state index is 0.0372. The average molecular weight is 372 g/mol. The van der Waals surface area contributed by atoms with Crippen LogP contribution in [0.2, 0.25) is 5.02 Å². The van der Waals surface area contributed by atoms with Crippen LogP contribution in [0.4, 0.5) is 16.5 Å². The molecule has 0 unspecified atom stereocenters. The molecule has 0 aliphatic rings. The van der Waals surface area contributed by atoms with Gasteiger partial charge in [0.25, 0.3) is 0 Å². The highest BCUT2D eigenvalue weighted by Crippen LogP contribution is 2.30. The summed E-state index contributed by atoms with van der Waals surface area (Å²) in [5.41, 5.74) is 3.51. The Balaban J connectivity index is 1.70. The van der Waals surface area contributed by atoms with Crippen LogP contribution in [0, 0.1) is 0 Å². The number of nitrogens with one attached hydrogen (secondary N) is 2. The third kappa shape index (κ3) is 4.59. The Bertz CT molecular complexity index is 861. The van der Waals surface area contributed by atoms with Crippen LogP contribution in [0.3, 0.4) is 0 Å². The highest BCUT2D eigenvalue weighted by atomic mass is 35.5. The third-order valence-corrected chi connectivity index (χ3v) is 4.65. The number of para-hydroxylation sites is 1. The second kappa shape index (κ2) is 8.14. The van der Waals surface area contributed by atoms with E-state index in [1.807, 2.05) is 60.8 Å². The molecule has 25 heavy (non-hydrogen) atoms. The number of hydrogen-bond donors (Lipinski definition) is 2. The summed E-state index contributed by atoms with van der Waals surface area (Å²) in [4.78, 5) is 16.2. The average Bonchev–Trinajstić information content (AvgIpc) is 3.06. The normalized spacial score (nSPS) is 10.5. The van der Waals surface area contributed by atoms with Crippen molar-refractivity contribution in [1.29, 1.82) is 0 Å². The summed E-state index contributed by atoms with van der Waals surface area (Å²) >= 11 is 7.68. The molecule has 4 nitrogen and oxygen atoms in total. The van der Waals surface area contributed by atoms with Gasteiger partial charge in [-0.05, 0) is 30.7 Å². The molecule has 128 valence electrons. The van der Waals surface area contributed by atoms with Crippen molar-refractivity contribution in [2.75, 3.05) is 10.6 Å². The molecule has 0 saturated heterocycles. The number of carbonyl (C=O) groups excluding carboxylic acids is 1. The largest absolute Gasteiger partial charge is 0.330 e. The van der Waals surface area contributed by atoms with Gasteiger partial charge in [0.15, 0.2) is 5.13 Å². The van der Waals surface area contributed by atoms with Crippen LogP contribution >= 0.6 is 22.9 Å². The Labute approximate surface area is 155 Å². The van der Waals surface area contributed by atoms with Gasteiger partial charge in [0, 0.05) is 23.1 Å². The maximum atomic E-state index is 11.6. The van der Waals surface area contributed by atoms with Crippen LogP contribution in [0.1, 0.15) is 19.8 Å². The van der Waals surface area contributed by atoms with Crippen molar-refractivity contribution < 1.29 is 4.79 Å². The lowest BCUT2D eigenvalue weighted by Gasteiger charge is -2.05. The van der Waals surface area contributed by atoms with Crippen LogP contribution in [0.25, 0.3) is 11.3 Å². The van der Waals surface area contributed by atoms with Gasteiger partial charge < -0.3 is 10.6 Å². The van der Waals surface area contributed by atoms with Crippen LogP contribution < -0.4 is 10.6 Å². The molecule has 2 N–H and O–H groups in total. The maximum Gasteiger partial charge on any atom is 0.224 e. The fourth-order valence-corrected chi connectivity index (χ4v) is 3.23. The monoisotopic (exact) mass is 371 g/mol. The number of nitrogens with zero attached hydrogens (tertiary/aromatic N) is 1. The molecule has 0 fully saturated rings. The third-order valence-electron chi connectivity index (χ3n) is 3.56. The van der Waals surface area contributed by atoms with Crippen molar-refractivity contribution in [3.8, 4) is 11.3 Å². The fourth-order valence-electron chi connectivity index (χ4n) is 2.32. The molecular weight excluding hydrogens is 354 g/mol. The van der Waals surface area contributed by atoms with Crippen molar-refractivity contribution in [2.45, 2.75) is 19.8 Å². The van der Waals surface area contributed by atoms with E-state index < -0.39 is 0 Å². The Morgan fingerprint density at radius 3 is 2.64 bits per heavy atom. The lowest BCUT2D eigenvalue weighted by molar-refractivity contribution is -0.116. The van der Waals surface area contributed by atoms with Crippen molar-refractivity contribution in [3.63, 3.8) is 0 Å². The second-order valence-corrected chi connectivity index (χ2v) is 6.78. The summed E-state index contributed by atoms with van der Waals surface area (Å²) in [6.07, 6.45) is 1.37. The molecule has 0 aliphatic heterocycles. The zero-order chi connectivity index (χ0) is 17.6. The van der Waals surface area contributed by atoms with Crippen molar-refractivity contribution in [1.82, 2.24) is 4.98 Å². The van der Waals surface area contributed by atoms with Gasteiger partial charge in [-0.1, -0.05) is 42.8 Å². The van der Waals surface area contributed by atoms with E-state index in [2.05, 4.69) is 15.6 Å². The number of anilines is 3. The van der Waals surface area contributed by atoms with Crippen molar-refractivity contribution in [2.24, 2.45) is 0 Å². The van der Waals surface area contributed by atoms with Crippen LogP contribution in [0.5, 0.6) is 0 Å². The molecule has 0 spiro atoms. The number of benzene rings is 2. The SMILES string of the molecule is CCCC(=O)Nc1ccc(-c2csc(Nc3ccccc3Cl)n2)cc1. The van der Waals surface area contributed by atoms with Crippen LogP contribution in [-0.4, -0.2) is 10.9 Å². The fraction of sp³-hybridized carbons (Fsp3) is 0.158. The van der Waals surface area contributed by atoms with E-state index in [4.69, 9.17) is 11.6 Å². The van der Waals surface area contributed by atoms with Crippen LogP contribution in [-0.2, 0) is 4.79 Å². The molecule has 1 amide bonds. The molecule has 0 aliphatic carbocycles. The molecule has 3 rings (SSSR count). The number of rotatable bonds is 6. The minimum atomic E-state index is 0.0372. The maximum absolute atomic E-state index is 11.6. The number of thiazole rings is 1. The Hall–Kier alpha value is -2.37. The number of amides is 1. The van der Waals surface area contributed by atoms with Gasteiger partial charge in [-0.15, -0.1) is 11.3 Å². The summed E-state index contributed by atoms with van der Waals surface area (Å²) in [6, 6.07) is 15.3. The van der Waals surface area contributed by atoms with Gasteiger partial charge in [0.1, 0.15) is 0 Å². The molecular formula is C19H18ClN3OS. The minimum Gasteiger partial charge on any atom is -0.330 e. The van der Waals surface area contributed by atoms with E-state index in [1.165, 1.54) is 11.3 Å². The molecule has 2 aromatic carbocycles. The highest BCUT2D eigenvalue weighted by Gasteiger charge is 2.07. The summed E-state index contributed by atoms with van der Waals surface area (Å²) in [5, 5.41) is 9.54. The van der Waals surface area contributed by atoms with E-state index in [0.29, 0.717) is 11.4 Å². The quantitative estimate of drug-likeness (QED) is 0.563. The summed E-state index contributed by atoms with van der Waals surface area (Å²) in [6.45, 7) is 1.99. The van der Waals surface area contributed by atoms with Gasteiger partial charge in [-0.25, -0.2) is 4.98 Å². The lowest BCUT2D eigenvalue weighted by Crippen LogP contribution is -2.10. The number of aromatic nitrogens is 1. The zero-order valence-corrected chi connectivity index (χ0v) is 15.3. The standard InChI is InChI=1S/C19H18ClN3OS/c1-2-5-18(24)21-14-10-8-13(9-11-14)17-12-25-19(23-17)22-16-7-4-3-6-15(16)20/h3-4,6-12H,2,5H2,1H3,(H,21,24)(H,22,23). The van der Waals surface area contributed by atoms with Gasteiger partial charge in [0.2, 0.25) is 5.91 Å². The van der Waals surface area contributed by atoms with E-state index >= 15 is 0 Å². The van der Waals surface area contributed by atoms with E-state index in [1.54, 1.807) is 0 Å². The van der Waals surface area contributed by atoms with E-state index in [9.17, 15) is 4.79 Å². The Morgan fingerprint density at radius 2 is 1.92 bits per heavy atom. The first-order valence-electron chi connectivity index (χ1n) is 8.03. The van der Waals surface area contributed by atoms with Gasteiger partial charge >= 0.3 is 0 Å². The lowest BCUT2D eigenvalue weighted by atomic mass is 10.1. The first kappa shape index (κ1) is 17.5. The molecule has 1 aromatic heterocycles. The van der Waals surface area contributed by atoms with E-state index in [0.717, 1.165) is 34.2 Å². The molecule has 0 bridgehead atoms. The molecule has 0 radical (unpaired) electrons. The summed E-state index contributed by atoms with van der Waals surface area (Å²) < 4.78 is 0. The molecule has 0 saturated carbocycles. The molecule has 6 heteroatoms. The number of halogens is 1. The molecule has 3 aromatic rings. The van der Waals surface area contributed by atoms with Gasteiger partial charge in [0.05, 0.1) is 16.4 Å².